The van der Waals surface area contributed by atoms with Gasteiger partial charge >= 0.3 is 6.09 Å². The van der Waals surface area contributed by atoms with Crippen LogP contribution in [-0.4, -0.2) is 110 Å². The van der Waals surface area contributed by atoms with E-state index in [4.69, 9.17) is 9.47 Å². The lowest BCUT2D eigenvalue weighted by atomic mass is 9.83. The third kappa shape index (κ3) is 11.5. The van der Waals surface area contributed by atoms with Crippen molar-refractivity contribution >= 4 is 41.4 Å². The van der Waals surface area contributed by atoms with Crippen molar-refractivity contribution in [1.29, 1.82) is 0 Å². The number of ketones is 1. The molecular weight excluding hydrogens is 648 g/mol. The number of amides is 6. The highest BCUT2D eigenvalue weighted by Crippen LogP contribution is 2.28. The van der Waals surface area contributed by atoms with Gasteiger partial charge < -0.3 is 40.5 Å². The van der Waals surface area contributed by atoms with E-state index in [1.165, 1.54) is 9.80 Å². The highest BCUT2D eigenvalue weighted by Gasteiger charge is 2.42. The molecule has 0 radical (unpaired) electrons. The van der Waals surface area contributed by atoms with E-state index in [-0.39, 0.29) is 44.1 Å². The average Bonchev–Trinajstić information content (AvgIpc) is 3.61. The van der Waals surface area contributed by atoms with Gasteiger partial charge in [-0.15, -0.1) is 0 Å². The van der Waals surface area contributed by atoms with Crippen molar-refractivity contribution in [3.63, 3.8) is 0 Å². The summed E-state index contributed by atoms with van der Waals surface area (Å²) < 4.78 is 10.8. The molecule has 1 aromatic carbocycles. The summed E-state index contributed by atoms with van der Waals surface area (Å²) in [6, 6.07) is 4.33. The summed E-state index contributed by atoms with van der Waals surface area (Å²) in [6.45, 7) is 4.84. The molecule has 2 fully saturated rings. The zero-order chi connectivity index (χ0) is 36.8. The molecule has 0 spiro atoms. The number of Topliss-reactive ketones (excluding diaryl/α,β-unsaturated/α-hetero) is 1. The molecule has 15 heteroatoms. The van der Waals surface area contributed by atoms with Crippen LogP contribution in [-0.2, 0) is 38.2 Å². The van der Waals surface area contributed by atoms with Crippen LogP contribution in [0.15, 0.2) is 30.3 Å². The lowest BCUT2D eigenvalue weighted by molar-refractivity contribution is -0.143. The zero-order valence-electron chi connectivity index (χ0n) is 29.7. The normalized spacial score (nSPS) is 18.0. The van der Waals surface area contributed by atoms with Crippen LogP contribution in [0, 0.1) is 11.8 Å². The molecule has 4 N–H and O–H groups in total. The molecule has 0 bridgehead atoms. The first-order chi connectivity index (χ1) is 23.8. The molecule has 1 aliphatic heterocycles. The van der Waals surface area contributed by atoms with Gasteiger partial charge in [-0.2, -0.15) is 0 Å². The SMILES string of the molecule is CCC[C@@H](NC(=O)[C@@H]1COCN1C(=O)[C@@H](NC(=O)OCC(C)C)C1CCCCC1)C(=O)C(=O)NCC(=O)NC(C(=O)N(C)C)c1ccccc1. The number of rotatable bonds is 16. The van der Waals surface area contributed by atoms with Gasteiger partial charge in [-0.3, -0.25) is 28.8 Å². The van der Waals surface area contributed by atoms with E-state index in [2.05, 4.69) is 21.3 Å². The van der Waals surface area contributed by atoms with Crippen LogP contribution in [0.2, 0.25) is 0 Å². The molecule has 1 aliphatic carbocycles. The first kappa shape index (κ1) is 39.9. The fraction of sp³-hybridized carbons (Fsp3) is 0.629. The zero-order valence-corrected chi connectivity index (χ0v) is 29.7. The molecule has 1 saturated heterocycles. The Kier molecular flexibility index (Phi) is 15.6. The summed E-state index contributed by atoms with van der Waals surface area (Å²) in [5.41, 5.74) is 0.544. The van der Waals surface area contributed by atoms with E-state index in [9.17, 15) is 33.6 Å². The van der Waals surface area contributed by atoms with E-state index < -0.39 is 66.2 Å². The summed E-state index contributed by atoms with van der Waals surface area (Å²) in [5, 5.41) is 10.2. The molecular formula is C35H52N6O9. The van der Waals surface area contributed by atoms with Crippen LogP contribution in [0.4, 0.5) is 4.79 Å². The number of hydrogen-bond donors (Lipinski definition) is 4. The van der Waals surface area contributed by atoms with Gasteiger partial charge in [0.25, 0.3) is 5.91 Å². The lowest BCUT2D eigenvalue weighted by Gasteiger charge is -2.33. The molecule has 15 nitrogen and oxygen atoms in total. The number of nitrogens with zero attached hydrogens (tertiary/aromatic N) is 2. The summed E-state index contributed by atoms with van der Waals surface area (Å²) >= 11 is 0. The number of benzene rings is 1. The van der Waals surface area contributed by atoms with E-state index in [1.54, 1.807) is 51.4 Å². The minimum absolute atomic E-state index is 0.105. The summed E-state index contributed by atoms with van der Waals surface area (Å²) in [6.07, 6.45) is 4.14. The highest BCUT2D eigenvalue weighted by molar-refractivity contribution is 6.38. The number of likely N-dealkylation sites (N-methyl/N-ethyl adjacent to an activating group) is 1. The number of hydrogen-bond acceptors (Lipinski definition) is 9. The first-order valence-corrected chi connectivity index (χ1v) is 17.3. The Morgan fingerprint density at radius 3 is 2.26 bits per heavy atom. The van der Waals surface area contributed by atoms with Gasteiger partial charge in [-0.1, -0.05) is 76.8 Å². The largest absolute Gasteiger partial charge is 0.449 e. The molecule has 6 amide bonds. The van der Waals surface area contributed by atoms with Crippen LogP contribution in [0.25, 0.3) is 0 Å². The number of carbonyl (C=O) groups is 7. The minimum atomic E-state index is -1.24. The van der Waals surface area contributed by atoms with Gasteiger partial charge in [0.15, 0.2) is 0 Å². The maximum absolute atomic E-state index is 13.9. The highest BCUT2D eigenvalue weighted by atomic mass is 16.5. The second-order valence-corrected chi connectivity index (χ2v) is 13.4. The minimum Gasteiger partial charge on any atom is -0.449 e. The van der Waals surface area contributed by atoms with Crippen molar-refractivity contribution in [1.82, 2.24) is 31.1 Å². The Morgan fingerprint density at radius 1 is 0.960 bits per heavy atom. The molecule has 2 aliphatic rings. The number of nitrogens with one attached hydrogen (secondary N) is 4. The van der Waals surface area contributed by atoms with Crippen LogP contribution < -0.4 is 21.3 Å². The van der Waals surface area contributed by atoms with Crippen LogP contribution in [0.5, 0.6) is 0 Å². The standard InChI is InChI=1S/C35H52N6O9/c1-6-13-25(30(43)32(45)36-18-27(42)38-28(33(46)40(4)5)23-14-9-7-10-15-23)37-31(44)26-20-49-21-41(26)34(47)29(24-16-11-8-12-17-24)39-35(48)50-19-22(2)3/h7,9-10,14-15,22,24-26,28-29H,6,8,11-13,16-21H2,1-5H3,(H,36,45)(H,37,44)(H,38,42)(H,39,48)/t25-,26+,28?,29+/m1/s1. The molecule has 276 valence electrons. The van der Waals surface area contributed by atoms with Gasteiger partial charge in [0.1, 0.15) is 24.9 Å². The van der Waals surface area contributed by atoms with E-state index in [0.29, 0.717) is 12.0 Å². The van der Waals surface area contributed by atoms with E-state index >= 15 is 0 Å². The van der Waals surface area contributed by atoms with Crippen molar-refractivity contribution in [2.45, 2.75) is 89.9 Å². The lowest BCUT2D eigenvalue weighted by Crippen LogP contribution is -2.58. The maximum Gasteiger partial charge on any atom is 0.407 e. The summed E-state index contributed by atoms with van der Waals surface area (Å²) in [7, 11) is 3.10. The molecule has 0 aromatic heterocycles. The average molecular weight is 701 g/mol. The van der Waals surface area contributed by atoms with Gasteiger partial charge in [0, 0.05) is 14.1 Å². The van der Waals surface area contributed by atoms with E-state index in [0.717, 1.165) is 32.1 Å². The second kappa shape index (κ2) is 19.6. The second-order valence-electron chi connectivity index (χ2n) is 13.4. The monoisotopic (exact) mass is 700 g/mol. The van der Waals surface area contributed by atoms with E-state index in [1.807, 2.05) is 13.8 Å². The first-order valence-electron chi connectivity index (χ1n) is 17.3. The fourth-order valence-corrected chi connectivity index (χ4v) is 5.95. The fourth-order valence-electron chi connectivity index (χ4n) is 5.95. The number of carbonyl (C=O) groups excluding carboxylic acids is 7. The number of ether oxygens (including phenoxy) is 2. The van der Waals surface area contributed by atoms with Crippen molar-refractivity contribution in [3.05, 3.63) is 35.9 Å². The molecule has 1 heterocycles. The number of alkyl carbamates (subject to hydrolysis) is 1. The molecule has 1 saturated carbocycles. The van der Waals surface area contributed by atoms with Crippen LogP contribution >= 0.6 is 0 Å². The molecule has 1 unspecified atom stereocenters. The summed E-state index contributed by atoms with van der Waals surface area (Å²) in [5.74, 6) is -4.36. The predicted octanol–water partition coefficient (Wildman–Crippen LogP) is 1.42. The van der Waals surface area contributed by atoms with Crippen LogP contribution in [0.1, 0.15) is 77.3 Å². The quantitative estimate of drug-likeness (QED) is 0.185. The van der Waals surface area contributed by atoms with Gasteiger partial charge in [-0.05, 0) is 36.7 Å². The molecule has 3 rings (SSSR count). The van der Waals surface area contributed by atoms with Crippen LogP contribution in [0.3, 0.4) is 0 Å². The predicted molar refractivity (Wildman–Crippen MR) is 182 cm³/mol. The van der Waals surface area contributed by atoms with Crippen molar-refractivity contribution in [3.8, 4) is 0 Å². The van der Waals surface area contributed by atoms with Crippen molar-refractivity contribution < 1.29 is 43.0 Å². The summed E-state index contributed by atoms with van der Waals surface area (Å²) in [4.78, 5) is 94.2. The smallest absolute Gasteiger partial charge is 0.407 e. The Hall–Kier alpha value is -4.53. The Balaban J connectivity index is 1.64. The Labute approximate surface area is 293 Å². The maximum atomic E-state index is 13.9. The third-order valence-electron chi connectivity index (χ3n) is 8.65. The van der Waals surface area contributed by atoms with Gasteiger partial charge in [-0.25, -0.2) is 4.79 Å². The Morgan fingerprint density at radius 2 is 1.64 bits per heavy atom. The molecule has 1 aromatic rings. The molecule has 50 heavy (non-hydrogen) atoms. The van der Waals surface area contributed by atoms with Gasteiger partial charge in [0.05, 0.1) is 25.8 Å². The third-order valence-corrected chi connectivity index (χ3v) is 8.65. The van der Waals surface area contributed by atoms with Crippen molar-refractivity contribution in [2.24, 2.45) is 11.8 Å². The molecule has 4 atom stereocenters. The van der Waals surface area contributed by atoms with Gasteiger partial charge in [0.2, 0.25) is 29.4 Å². The van der Waals surface area contributed by atoms with Crippen molar-refractivity contribution in [2.75, 3.05) is 40.6 Å². The topological polar surface area (TPSA) is 193 Å². The Bertz CT molecular complexity index is 1350.